The van der Waals surface area contributed by atoms with Crippen molar-refractivity contribution in [2.24, 2.45) is 5.92 Å². The van der Waals surface area contributed by atoms with Gasteiger partial charge < -0.3 is 19.7 Å². The number of hydrogen-bond acceptors (Lipinski definition) is 6. The molecule has 0 bridgehead atoms. The second kappa shape index (κ2) is 8.70. The van der Waals surface area contributed by atoms with E-state index in [0.29, 0.717) is 29.7 Å². The minimum Gasteiger partial charge on any atom is -0.493 e. The fourth-order valence-electron chi connectivity index (χ4n) is 3.31. The first-order chi connectivity index (χ1) is 13.1. The molecule has 1 aliphatic rings. The van der Waals surface area contributed by atoms with Crippen molar-refractivity contribution >= 4 is 11.7 Å². The number of piperidine rings is 1. The number of methoxy groups -OCH3 is 2. The molecule has 3 rings (SSSR count). The Kier molecular flexibility index (Phi) is 6.11. The first-order valence-electron chi connectivity index (χ1n) is 9.16. The van der Waals surface area contributed by atoms with Crippen molar-refractivity contribution in [2.45, 2.75) is 26.3 Å². The summed E-state index contributed by atoms with van der Waals surface area (Å²) in [5.41, 5.74) is 1.29. The van der Waals surface area contributed by atoms with Gasteiger partial charge in [-0.2, -0.15) is 0 Å². The van der Waals surface area contributed by atoms with Gasteiger partial charge in [-0.1, -0.05) is 13.0 Å². The molecule has 1 N–H and O–H groups in total. The lowest BCUT2D eigenvalue weighted by molar-refractivity contribution is 0.0945. The van der Waals surface area contributed by atoms with Gasteiger partial charge in [-0.25, -0.2) is 9.97 Å². The number of rotatable bonds is 6. The maximum absolute atomic E-state index is 12.5. The smallest absolute Gasteiger partial charge is 0.270 e. The highest BCUT2D eigenvalue weighted by Crippen LogP contribution is 2.27. The van der Waals surface area contributed by atoms with E-state index in [0.717, 1.165) is 30.9 Å². The summed E-state index contributed by atoms with van der Waals surface area (Å²) in [5, 5.41) is 2.90. The van der Waals surface area contributed by atoms with E-state index in [4.69, 9.17) is 9.47 Å². The van der Waals surface area contributed by atoms with Crippen LogP contribution in [0.5, 0.6) is 11.5 Å². The summed E-state index contributed by atoms with van der Waals surface area (Å²) >= 11 is 0. The Labute approximate surface area is 159 Å². The molecule has 2 aromatic rings. The van der Waals surface area contributed by atoms with Gasteiger partial charge in [0, 0.05) is 25.7 Å². The van der Waals surface area contributed by atoms with Gasteiger partial charge in [0.1, 0.15) is 17.8 Å². The number of ether oxygens (including phenoxy) is 2. The van der Waals surface area contributed by atoms with Crippen LogP contribution in [0.1, 0.15) is 35.8 Å². The Morgan fingerprint density at radius 1 is 1.22 bits per heavy atom. The van der Waals surface area contributed by atoms with E-state index in [1.807, 2.05) is 18.2 Å². The van der Waals surface area contributed by atoms with Crippen LogP contribution in [-0.2, 0) is 6.54 Å². The SMILES string of the molecule is COc1ccc(CNC(=O)c2cc(N3CCCC(C)C3)ncn2)cc1OC. The normalized spacial score (nSPS) is 16.7. The van der Waals surface area contributed by atoms with Gasteiger partial charge in [0.15, 0.2) is 11.5 Å². The number of nitrogens with zero attached hydrogens (tertiary/aromatic N) is 3. The molecule has 1 fully saturated rings. The van der Waals surface area contributed by atoms with Crippen molar-refractivity contribution in [3.05, 3.63) is 41.9 Å². The average Bonchev–Trinajstić information content (AvgIpc) is 2.71. The monoisotopic (exact) mass is 370 g/mol. The first-order valence-corrected chi connectivity index (χ1v) is 9.16. The molecule has 1 aromatic carbocycles. The van der Waals surface area contributed by atoms with Crippen LogP contribution in [0.4, 0.5) is 5.82 Å². The fourth-order valence-corrected chi connectivity index (χ4v) is 3.31. The van der Waals surface area contributed by atoms with Crippen LogP contribution in [0, 0.1) is 5.92 Å². The lowest BCUT2D eigenvalue weighted by Gasteiger charge is -2.31. The molecule has 1 unspecified atom stereocenters. The molecule has 1 saturated heterocycles. The predicted molar refractivity (Wildman–Crippen MR) is 103 cm³/mol. The van der Waals surface area contributed by atoms with E-state index < -0.39 is 0 Å². The van der Waals surface area contributed by atoms with Gasteiger partial charge in [-0.05, 0) is 36.5 Å². The Bertz CT molecular complexity index is 797. The summed E-state index contributed by atoms with van der Waals surface area (Å²) in [6, 6.07) is 7.32. The third-order valence-electron chi connectivity index (χ3n) is 4.77. The molecular weight excluding hydrogens is 344 g/mol. The molecule has 1 amide bonds. The maximum Gasteiger partial charge on any atom is 0.270 e. The zero-order valence-corrected chi connectivity index (χ0v) is 16.1. The third kappa shape index (κ3) is 4.67. The minimum atomic E-state index is -0.224. The Morgan fingerprint density at radius 3 is 2.78 bits per heavy atom. The molecule has 1 aliphatic heterocycles. The van der Waals surface area contributed by atoms with Crippen LogP contribution in [0.3, 0.4) is 0 Å². The van der Waals surface area contributed by atoms with Crippen LogP contribution in [0.25, 0.3) is 0 Å². The van der Waals surface area contributed by atoms with E-state index in [-0.39, 0.29) is 5.91 Å². The van der Waals surface area contributed by atoms with E-state index in [1.165, 1.54) is 12.7 Å². The number of carbonyl (C=O) groups is 1. The lowest BCUT2D eigenvalue weighted by Crippen LogP contribution is -2.35. The van der Waals surface area contributed by atoms with Crippen molar-refractivity contribution in [2.75, 3.05) is 32.2 Å². The number of anilines is 1. The van der Waals surface area contributed by atoms with E-state index in [2.05, 4.69) is 27.1 Å². The van der Waals surface area contributed by atoms with Crippen molar-refractivity contribution < 1.29 is 14.3 Å². The standard InChI is InChI=1S/C20H26N4O3/c1-14-5-4-8-24(12-14)19-10-16(22-13-23-19)20(25)21-11-15-6-7-17(26-2)18(9-15)27-3/h6-7,9-10,13-14H,4-5,8,11-12H2,1-3H3,(H,21,25). The van der Waals surface area contributed by atoms with Crippen molar-refractivity contribution in [1.29, 1.82) is 0 Å². The summed E-state index contributed by atoms with van der Waals surface area (Å²) < 4.78 is 10.5. The van der Waals surface area contributed by atoms with E-state index in [1.54, 1.807) is 20.3 Å². The number of aromatic nitrogens is 2. The number of carbonyl (C=O) groups excluding carboxylic acids is 1. The highest BCUT2D eigenvalue weighted by Gasteiger charge is 2.19. The van der Waals surface area contributed by atoms with Crippen molar-refractivity contribution in [3.8, 4) is 11.5 Å². The van der Waals surface area contributed by atoms with Crippen LogP contribution < -0.4 is 19.7 Å². The van der Waals surface area contributed by atoms with Crippen LogP contribution in [0.15, 0.2) is 30.6 Å². The molecule has 7 nitrogen and oxygen atoms in total. The molecule has 0 saturated carbocycles. The second-order valence-corrected chi connectivity index (χ2v) is 6.83. The number of hydrogen-bond donors (Lipinski definition) is 1. The quantitative estimate of drug-likeness (QED) is 0.842. The Morgan fingerprint density at radius 2 is 2.04 bits per heavy atom. The van der Waals surface area contributed by atoms with Gasteiger partial charge in [-0.15, -0.1) is 0 Å². The molecule has 1 aromatic heterocycles. The molecule has 144 valence electrons. The Hall–Kier alpha value is -2.83. The second-order valence-electron chi connectivity index (χ2n) is 6.83. The fraction of sp³-hybridized carbons (Fsp3) is 0.450. The summed E-state index contributed by atoms with van der Waals surface area (Å²) in [5.74, 6) is 2.51. The van der Waals surface area contributed by atoms with Crippen LogP contribution in [-0.4, -0.2) is 43.2 Å². The summed E-state index contributed by atoms with van der Waals surface area (Å²) in [6.45, 7) is 4.54. The zero-order chi connectivity index (χ0) is 19.2. The minimum absolute atomic E-state index is 0.224. The van der Waals surface area contributed by atoms with Crippen molar-refractivity contribution in [3.63, 3.8) is 0 Å². The number of amides is 1. The van der Waals surface area contributed by atoms with Gasteiger partial charge in [-0.3, -0.25) is 4.79 Å². The summed E-state index contributed by atoms with van der Waals surface area (Å²) in [7, 11) is 3.18. The zero-order valence-electron chi connectivity index (χ0n) is 16.1. The topological polar surface area (TPSA) is 76.6 Å². The summed E-state index contributed by atoms with van der Waals surface area (Å²) in [4.78, 5) is 23.2. The van der Waals surface area contributed by atoms with E-state index in [9.17, 15) is 4.79 Å². The largest absolute Gasteiger partial charge is 0.493 e. The van der Waals surface area contributed by atoms with Crippen LogP contribution in [0.2, 0.25) is 0 Å². The molecule has 27 heavy (non-hydrogen) atoms. The highest BCUT2D eigenvalue weighted by atomic mass is 16.5. The summed E-state index contributed by atoms with van der Waals surface area (Å²) in [6.07, 6.45) is 3.84. The molecule has 2 heterocycles. The molecule has 0 aliphatic carbocycles. The van der Waals surface area contributed by atoms with E-state index >= 15 is 0 Å². The maximum atomic E-state index is 12.5. The predicted octanol–water partition coefficient (Wildman–Crippen LogP) is 2.66. The number of nitrogens with one attached hydrogen (secondary N) is 1. The Balaban J connectivity index is 1.65. The molecular formula is C20H26N4O3. The first kappa shape index (κ1) is 18.9. The molecule has 7 heteroatoms. The van der Waals surface area contributed by atoms with Crippen LogP contribution >= 0.6 is 0 Å². The van der Waals surface area contributed by atoms with Crippen molar-refractivity contribution in [1.82, 2.24) is 15.3 Å². The lowest BCUT2D eigenvalue weighted by atomic mass is 10.0. The molecule has 1 atom stereocenters. The van der Waals surface area contributed by atoms with Gasteiger partial charge in [0.2, 0.25) is 0 Å². The van der Waals surface area contributed by atoms with Gasteiger partial charge in [0.25, 0.3) is 5.91 Å². The number of benzene rings is 1. The highest BCUT2D eigenvalue weighted by molar-refractivity contribution is 5.92. The third-order valence-corrected chi connectivity index (χ3v) is 4.77. The molecule has 0 spiro atoms. The van der Waals surface area contributed by atoms with Gasteiger partial charge >= 0.3 is 0 Å². The van der Waals surface area contributed by atoms with Gasteiger partial charge in [0.05, 0.1) is 14.2 Å². The average molecular weight is 370 g/mol. The molecule has 0 radical (unpaired) electrons.